The van der Waals surface area contributed by atoms with Crippen LogP contribution in [0.5, 0.6) is 34.8 Å². The number of hydrogen-bond donors (Lipinski definition) is 8. The summed E-state index contributed by atoms with van der Waals surface area (Å²) in [5, 5.41) is 66.6. The van der Waals surface area contributed by atoms with Crippen LogP contribution in [0.15, 0.2) is 128 Å². The Kier molecular flexibility index (Phi) is 65.3. The molecule has 4 atom stereocenters. The van der Waals surface area contributed by atoms with Gasteiger partial charge < -0.3 is 71.3 Å². The first-order chi connectivity index (χ1) is 57.3. The number of aliphatic hydroxyl groups is 2. The fourth-order valence-corrected chi connectivity index (χ4v) is 11.3. The second kappa shape index (κ2) is 65.6. The van der Waals surface area contributed by atoms with E-state index in [2.05, 4.69) is 46.8 Å². The third kappa shape index (κ3) is 38.7. The number of nitrogens with two attached hydrogens (primary N) is 3. The van der Waals surface area contributed by atoms with E-state index < -0.39 is 65.6 Å². The van der Waals surface area contributed by atoms with Crippen LogP contribution in [0.4, 0.5) is 17.6 Å². The molecule has 3 aliphatic heterocycles. The number of likely N-dealkylation sites (tertiary alicyclic amines) is 3. The molecule has 0 aliphatic carbocycles. The number of aromatic nitrogens is 9. The molecule has 46 heteroatoms. The Morgan fingerprint density at radius 1 is 0.508 bits per heavy atom. The number of halogens is 6. The molecule has 6 amide bonds. The summed E-state index contributed by atoms with van der Waals surface area (Å²) < 4.78 is 90.4. The quantitative estimate of drug-likeness (QED) is 0.00373. The molecule has 11 N–H and O–H groups in total. The van der Waals surface area contributed by atoms with Gasteiger partial charge in [0.25, 0.3) is 6.47 Å². The van der Waals surface area contributed by atoms with Gasteiger partial charge in [0.1, 0.15) is 100 Å². The molecular weight excluding hydrogens is 2000 g/mol. The van der Waals surface area contributed by atoms with Gasteiger partial charge in [-0.25, -0.2) is 50.5 Å². The summed E-state index contributed by atoms with van der Waals surface area (Å²) in [5.74, 6) is 4.02. The van der Waals surface area contributed by atoms with E-state index >= 15 is 0 Å². The number of carboxylic acid groups (broad SMARTS) is 2. The number of fused-ring (bicyclic) bond motifs is 3. The van der Waals surface area contributed by atoms with Crippen molar-refractivity contribution >= 4 is 100.0 Å². The number of aromatic hydroxyl groups is 1. The number of phenols is 1. The number of hydrogen-bond acceptors (Lipinski definition) is 30. The van der Waals surface area contributed by atoms with E-state index in [9.17, 15) is 70.9 Å². The van der Waals surface area contributed by atoms with Gasteiger partial charge in [0.05, 0.1) is 50.5 Å². The minimum Gasteiger partial charge on any atom is -1.00 e. The van der Waals surface area contributed by atoms with E-state index in [1.165, 1.54) is 130 Å². The van der Waals surface area contributed by atoms with Gasteiger partial charge in [-0.3, -0.25) is 59.9 Å². The van der Waals surface area contributed by atoms with Crippen molar-refractivity contribution in [3.63, 3.8) is 0 Å². The monoisotopic (exact) mass is 2110 g/mol. The predicted molar refractivity (Wildman–Crippen MR) is 465 cm³/mol. The van der Waals surface area contributed by atoms with E-state index in [1.54, 1.807) is 39.1 Å². The van der Waals surface area contributed by atoms with Crippen molar-refractivity contribution in [1.29, 1.82) is 0 Å². The molecule has 3 fully saturated rings. The number of esters is 1. The molecule has 0 radical (unpaired) electrons. The van der Waals surface area contributed by atoms with Gasteiger partial charge >= 0.3 is 156 Å². The van der Waals surface area contributed by atoms with Crippen LogP contribution in [0.2, 0.25) is 5.15 Å². The Morgan fingerprint density at radius 3 is 1.15 bits per heavy atom. The second-order valence-corrected chi connectivity index (χ2v) is 25.5. The molecule has 38 nitrogen and oxygen atoms in total. The summed E-state index contributed by atoms with van der Waals surface area (Å²) >= 11 is 11.1. The fraction of sp³-hybridized carbons (Fsp3) is 0.381. The molecule has 0 bridgehead atoms. The molecule has 3 aliphatic rings. The zero-order valence-electron chi connectivity index (χ0n) is 67.6. The van der Waals surface area contributed by atoms with Crippen LogP contribution in [-0.2, 0) is 43.2 Å². The first kappa shape index (κ1) is 129. The summed E-state index contributed by atoms with van der Waals surface area (Å²) in [6.07, 6.45) is 7.08. The zero-order valence-corrected chi connectivity index (χ0v) is 80.6. The number of rotatable bonds is 26. The number of aliphatic hydroxyl groups excluding tert-OH is 2. The number of imide groups is 3. The Balaban J connectivity index is -0.000000360. The molecule has 13 rings (SSSR count). The SMILES string of the molecule is C.C.C.C.C.C.C.C.CC(Oc1ccn2ncc(C(=O)O)c2n1)c1cc(F)ccc1OCCN.CC(Oc1ccn2ncc(C(=O)O)c2n1)c1cc(F)ccc1OCCN1C(=O)CCC1=O.CCOC(=O)c1cnn2ccc(Cl)nc12.C[C@@H](O)c1cc(F)ccc1O.C[C@@H](O)c1cc(F)ccc1OCCN1C(=O)CCC1=O.NN.O=C1CCC(=O)N1CCCl.O=CO[O-].[Cs+].[Cs+].[H-]. The predicted octanol–water partition coefficient (Wildman–Crippen LogP) is 5.67. The van der Waals surface area contributed by atoms with Crippen molar-refractivity contribution in [3.8, 4) is 34.8 Å². The number of carboxylic acids is 2. The average Bonchev–Trinajstić information content (AvgIpc) is 1.73. The van der Waals surface area contributed by atoms with E-state index in [0.29, 0.717) is 88.7 Å². The Labute approximate surface area is 879 Å². The summed E-state index contributed by atoms with van der Waals surface area (Å²) in [6.45, 7) is 9.61. The number of carbonyl (C=O) groups is 10. The normalized spacial score (nSPS) is 12.6. The van der Waals surface area contributed by atoms with Crippen molar-refractivity contribution in [3.05, 3.63) is 196 Å². The van der Waals surface area contributed by atoms with Gasteiger partial charge in [-0.05, 0) is 113 Å². The molecule has 10 aromatic rings. The number of aromatic carboxylic acids is 2. The molecule has 4 aromatic carbocycles. The maximum atomic E-state index is 13.9. The number of ether oxygens (including phenoxy) is 6. The Morgan fingerprint density at radius 2 is 0.823 bits per heavy atom. The maximum Gasteiger partial charge on any atom is 1.00 e. The number of amides is 6. The smallest absolute Gasteiger partial charge is 1.00 e. The van der Waals surface area contributed by atoms with Crippen LogP contribution in [0.25, 0.3) is 16.9 Å². The van der Waals surface area contributed by atoms with Gasteiger partial charge in [-0.1, -0.05) is 71.0 Å². The van der Waals surface area contributed by atoms with Crippen LogP contribution in [0.3, 0.4) is 0 Å². The van der Waals surface area contributed by atoms with Crippen LogP contribution in [-0.4, -0.2) is 202 Å². The summed E-state index contributed by atoms with van der Waals surface area (Å²) in [5.41, 5.74) is 7.73. The van der Waals surface area contributed by atoms with Gasteiger partial charge in [0.15, 0.2) is 16.9 Å². The topological polar surface area (TPSA) is 538 Å². The molecule has 130 heavy (non-hydrogen) atoms. The molecule has 9 heterocycles. The Bertz CT molecular complexity index is 5200. The average molecular weight is 2120 g/mol. The molecule has 2 unspecified atom stereocenters. The van der Waals surface area contributed by atoms with Gasteiger partial charge in [-0.2, -0.15) is 25.3 Å². The zero-order chi connectivity index (χ0) is 88.4. The first-order valence-electron chi connectivity index (χ1n) is 35.9. The second-order valence-electron chi connectivity index (χ2n) is 24.7. The molecular formula is C84H115Cl2Cs2F4N15O23. The number of hydrazine groups is 1. The number of phenolic OH excluding ortho intramolecular Hbond substituents is 1. The number of alkyl halides is 1. The minimum atomic E-state index is -1.17. The van der Waals surface area contributed by atoms with E-state index in [0.717, 1.165) is 21.9 Å². The third-order valence-corrected chi connectivity index (χ3v) is 17.0. The molecule has 708 valence electrons. The van der Waals surface area contributed by atoms with Crippen LogP contribution >= 0.6 is 23.2 Å². The summed E-state index contributed by atoms with van der Waals surface area (Å²) in [6, 6.07) is 20.0. The summed E-state index contributed by atoms with van der Waals surface area (Å²) in [4.78, 5) is 129. The van der Waals surface area contributed by atoms with Crippen molar-refractivity contribution in [2.45, 2.75) is 157 Å². The van der Waals surface area contributed by atoms with Crippen molar-refractivity contribution in [2.75, 3.05) is 58.5 Å². The van der Waals surface area contributed by atoms with Crippen molar-refractivity contribution < 1.29 is 269 Å². The van der Waals surface area contributed by atoms with Crippen LogP contribution in [0, 0.1) is 23.3 Å². The number of benzene rings is 4. The standard InChI is InChI=1S/C21H19FN4O6.C17H17FN4O4.C14H16FNO4.C9H8ClN3O2.C8H9FO2.C6H8ClNO2.CH2O3.8CH4.2Cs.H4N2.H/c1-12(32-17-6-7-26-20(24-17)15(11-23-26)21(29)30)14-10-13(22)2-3-16(14)31-9-8-25-18(27)4-5-19(25)28;1-10(12-8-11(18)2-3-14(12)25-7-5-19)26-15-4-6-22-16(21-15)13(9-20-22)17(23)24;1-9(17)11-8-10(15)2-3-12(11)20-7-6-16-13(18)4-5-14(16)19;1-2-15-9(14)6-5-11-13-4-3-7(10)12-8(6)13;1-5(10)7-4-6(9)2-3-8(7)11;7-3-4-8-5(9)1-2-6(8)10;2-1-4-3;;;;;;;;;;;1-2;/h2-3,6-7,10-12H,4-5,8-9H2,1H3,(H,29,30);2-4,6,8-10H,5,7,19H2,1H3,(H,23,24);2-3,8-9,17H,4-7H2,1H3;3-5H,2H2,1H3;2-5,10-11H,1H3;1-4H2;1,3H;8*1H4;;;1-2H2;/q;;;;;;;;;;;;;;;2*+1;;-1/p-1/t;;9-;;5-;;;;;;;;;;;;;;/m..1.1............../s1. The Hall–Kier alpha value is -9.00. The molecule has 0 saturated carbocycles. The fourth-order valence-electron chi connectivity index (χ4n) is 11.0. The third-order valence-electron chi connectivity index (χ3n) is 16.6. The minimum absolute atomic E-state index is 0. The molecule has 3 saturated heterocycles. The molecule has 6 aromatic heterocycles. The van der Waals surface area contributed by atoms with Crippen molar-refractivity contribution in [2.24, 2.45) is 17.4 Å². The van der Waals surface area contributed by atoms with Gasteiger partial charge in [0, 0.05) is 110 Å². The van der Waals surface area contributed by atoms with Crippen molar-refractivity contribution in [1.82, 2.24) is 58.5 Å². The number of carbonyl (C=O) groups excluding carboxylic acids is 8. The first-order valence-corrected chi connectivity index (χ1v) is 36.8. The largest absolute Gasteiger partial charge is 1.00 e. The van der Waals surface area contributed by atoms with E-state index in [1.807, 2.05) is 0 Å². The summed E-state index contributed by atoms with van der Waals surface area (Å²) in [7, 11) is 0. The number of nitrogens with zero attached hydrogens (tertiary/aromatic N) is 12. The molecule has 0 spiro atoms. The van der Waals surface area contributed by atoms with E-state index in [-0.39, 0.29) is 345 Å². The van der Waals surface area contributed by atoms with Gasteiger partial charge in [0.2, 0.25) is 47.2 Å². The van der Waals surface area contributed by atoms with E-state index in [4.69, 9.17) is 82.7 Å². The van der Waals surface area contributed by atoms with Gasteiger partial charge in [-0.15, -0.1) is 11.6 Å². The van der Waals surface area contributed by atoms with Crippen LogP contribution in [0.1, 0.15) is 212 Å². The van der Waals surface area contributed by atoms with Crippen LogP contribution < -0.4 is 184 Å². The maximum absolute atomic E-state index is 13.9.